The van der Waals surface area contributed by atoms with Crippen molar-refractivity contribution < 1.29 is 9.53 Å². The topological polar surface area (TPSA) is 115 Å². The van der Waals surface area contributed by atoms with Crippen LogP contribution in [0.2, 0.25) is 0 Å². The quantitative estimate of drug-likeness (QED) is 0.430. The Morgan fingerprint density at radius 3 is 2.07 bits per heavy atom. The lowest BCUT2D eigenvalue weighted by Crippen LogP contribution is -2.44. The first kappa shape index (κ1) is 28.7. The molecule has 0 aliphatic carbocycles. The largest absolute Gasteiger partial charge is 0.371 e. The van der Waals surface area contributed by atoms with E-state index in [0.717, 1.165) is 82.3 Å². The summed E-state index contributed by atoms with van der Waals surface area (Å²) < 4.78 is 6.07. The summed E-state index contributed by atoms with van der Waals surface area (Å²) in [5, 5.41) is 5.81. The smallest absolute Gasteiger partial charge is 0.323 e. The molecule has 232 valence electrons. The first-order valence-electron chi connectivity index (χ1n) is 15.9. The van der Waals surface area contributed by atoms with Crippen LogP contribution in [0.1, 0.15) is 39.5 Å². The number of carbonyl (C=O) groups is 1. The van der Waals surface area contributed by atoms with Crippen LogP contribution in [0, 0.1) is 0 Å². The van der Waals surface area contributed by atoms with Crippen molar-refractivity contribution in [3.05, 3.63) is 42.6 Å². The maximum atomic E-state index is 12.8. The van der Waals surface area contributed by atoms with E-state index < -0.39 is 0 Å². The van der Waals surface area contributed by atoms with E-state index in [2.05, 4.69) is 56.1 Å². The molecular weight excluding hydrogens is 556 g/mol. The molecule has 2 aromatic heterocycles. The van der Waals surface area contributed by atoms with Crippen LogP contribution < -0.4 is 25.3 Å². The molecule has 2 N–H and O–H groups in total. The molecule has 0 spiro atoms. The molecule has 3 aromatic rings. The number of nitrogens with zero attached hydrogens (tertiary/aromatic N) is 8. The van der Waals surface area contributed by atoms with Crippen molar-refractivity contribution in [2.24, 2.45) is 0 Å². The number of ether oxygens (including phenoxy) is 1. The van der Waals surface area contributed by atoms with Gasteiger partial charge in [0, 0.05) is 62.6 Å². The summed E-state index contributed by atoms with van der Waals surface area (Å²) in [6.07, 6.45) is 6.61. The molecular formula is C32H42N10O2. The van der Waals surface area contributed by atoms with Crippen LogP contribution in [0.25, 0.3) is 11.4 Å². The molecule has 2 bridgehead atoms. The van der Waals surface area contributed by atoms with Crippen LogP contribution in [-0.4, -0.2) is 101 Å². The molecule has 44 heavy (non-hydrogen) atoms. The van der Waals surface area contributed by atoms with Gasteiger partial charge in [-0.1, -0.05) is 0 Å². The van der Waals surface area contributed by atoms with Gasteiger partial charge in [0.15, 0.2) is 5.82 Å². The van der Waals surface area contributed by atoms with Crippen molar-refractivity contribution in [2.45, 2.75) is 63.8 Å². The molecule has 2 amide bonds. The van der Waals surface area contributed by atoms with Crippen molar-refractivity contribution in [3.8, 4) is 11.4 Å². The van der Waals surface area contributed by atoms with Gasteiger partial charge in [-0.25, -0.2) is 9.78 Å². The SMILES string of the molecule is C[C@@H]1CC[C@H](C)N1c1nc(-c2ccc(NC(=O)Nc3ccc(N4CCN(C)CC4)nc3)cc2)nc(N2CC3CCC(C2)O3)n1. The summed E-state index contributed by atoms with van der Waals surface area (Å²) in [6, 6.07) is 11.9. The highest BCUT2D eigenvalue weighted by atomic mass is 16.5. The van der Waals surface area contributed by atoms with Gasteiger partial charge in [0.25, 0.3) is 0 Å². The number of likely N-dealkylation sites (N-methyl/N-ethyl adjacent to an activating group) is 1. The van der Waals surface area contributed by atoms with Gasteiger partial charge in [0.2, 0.25) is 11.9 Å². The Kier molecular flexibility index (Phi) is 7.94. The third-order valence-electron chi connectivity index (χ3n) is 9.36. The number of piperazine rings is 1. The fourth-order valence-electron chi connectivity index (χ4n) is 6.79. The minimum absolute atomic E-state index is 0.240. The predicted octanol–water partition coefficient (Wildman–Crippen LogP) is 4.07. The van der Waals surface area contributed by atoms with E-state index >= 15 is 0 Å². The van der Waals surface area contributed by atoms with E-state index in [1.165, 1.54) is 0 Å². The van der Waals surface area contributed by atoms with E-state index in [-0.39, 0.29) is 18.2 Å². The Labute approximate surface area is 258 Å². The molecule has 6 heterocycles. The first-order chi connectivity index (χ1) is 21.4. The number of fused-ring (bicyclic) bond motifs is 2. The van der Waals surface area contributed by atoms with Gasteiger partial charge in [0.05, 0.1) is 24.1 Å². The minimum atomic E-state index is -0.324. The fourth-order valence-corrected chi connectivity index (χ4v) is 6.79. The third-order valence-corrected chi connectivity index (χ3v) is 9.36. The maximum absolute atomic E-state index is 12.8. The Balaban J connectivity index is 1.05. The van der Waals surface area contributed by atoms with Gasteiger partial charge in [-0.15, -0.1) is 0 Å². The lowest BCUT2D eigenvalue weighted by Gasteiger charge is -2.33. The van der Waals surface area contributed by atoms with E-state index in [1.807, 2.05) is 36.4 Å². The van der Waals surface area contributed by atoms with E-state index in [4.69, 9.17) is 19.7 Å². The summed E-state index contributed by atoms with van der Waals surface area (Å²) in [5.74, 6) is 3.01. The number of carbonyl (C=O) groups excluding carboxylic acids is 1. The van der Waals surface area contributed by atoms with Gasteiger partial charge in [0.1, 0.15) is 5.82 Å². The molecule has 0 radical (unpaired) electrons. The molecule has 4 saturated heterocycles. The monoisotopic (exact) mass is 598 g/mol. The van der Waals surface area contributed by atoms with Crippen molar-refractivity contribution in [1.82, 2.24) is 24.8 Å². The highest BCUT2D eigenvalue weighted by Gasteiger charge is 2.36. The number of nitrogens with one attached hydrogen (secondary N) is 2. The van der Waals surface area contributed by atoms with Crippen LogP contribution in [0.15, 0.2) is 42.6 Å². The number of aromatic nitrogens is 4. The second-order valence-corrected chi connectivity index (χ2v) is 12.7. The Hall–Kier alpha value is -4.03. The molecule has 7 rings (SSSR count). The predicted molar refractivity (Wildman–Crippen MR) is 173 cm³/mol. The number of hydrogen-bond acceptors (Lipinski definition) is 10. The van der Waals surface area contributed by atoms with E-state index in [1.54, 1.807) is 6.20 Å². The van der Waals surface area contributed by atoms with Crippen LogP contribution in [0.5, 0.6) is 0 Å². The average molecular weight is 599 g/mol. The number of amides is 2. The van der Waals surface area contributed by atoms with Crippen molar-refractivity contribution in [2.75, 3.05) is 71.6 Å². The zero-order chi connectivity index (χ0) is 30.2. The first-order valence-corrected chi connectivity index (χ1v) is 15.9. The second-order valence-electron chi connectivity index (χ2n) is 12.7. The van der Waals surface area contributed by atoms with Gasteiger partial charge in [-0.05, 0) is 83.0 Å². The maximum Gasteiger partial charge on any atom is 0.323 e. The van der Waals surface area contributed by atoms with Gasteiger partial charge in [-0.2, -0.15) is 15.0 Å². The summed E-state index contributed by atoms with van der Waals surface area (Å²) >= 11 is 0. The highest BCUT2D eigenvalue weighted by Crippen LogP contribution is 2.33. The molecule has 0 saturated carbocycles. The van der Waals surface area contributed by atoms with Crippen LogP contribution in [-0.2, 0) is 4.74 Å². The highest BCUT2D eigenvalue weighted by molar-refractivity contribution is 5.99. The number of urea groups is 1. The summed E-state index contributed by atoms with van der Waals surface area (Å²) in [6.45, 7) is 10.0. The lowest BCUT2D eigenvalue weighted by atomic mass is 10.2. The van der Waals surface area contributed by atoms with E-state index in [9.17, 15) is 4.79 Å². The summed E-state index contributed by atoms with van der Waals surface area (Å²) in [7, 11) is 2.13. The van der Waals surface area contributed by atoms with Gasteiger partial charge < -0.3 is 35.0 Å². The van der Waals surface area contributed by atoms with Crippen molar-refractivity contribution >= 4 is 35.1 Å². The van der Waals surface area contributed by atoms with Crippen molar-refractivity contribution in [3.63, 3.8) is 0 Å². The third kappa shape index (κ3) is 6.14. The summed E-state index contributed by atoms with van der Waals surface area (Å²) in [4.78, 5) is 41.4. The zero-order valence-corrected chi connectivity index (χ0v) is 25.8. The average Bonchev–Trinajstić information content (AvgIpc) is 3.56. The molecule has 1 aromatic carbocycles. The Bertz CT molecular complexity index is 1440. The lowest BCUT2D eigenvalue weighted by molar-refractivity contribution is 0.0299. The molecule has 2 unspecified atom stereocenters. The van der Waals surface area contributed by atoms with Gasteiger partial charge in [-0.3, -0.25) is 0 Å². The molecule has 4 atom stereocenters. The minimum Gasteiger partial charge on any atom is -0.371 e. The van der Waals surface area contributed by atoms with E-state index in [0.29, 0.717) is 35.2 Å². The molecule has 12 nitrogen and oxygen atoms in total. The van der Waals surface area contributed by atoms with Gasteiger partial charge >= 0.3 is 6.03 Å². The normalized spacial score (nSPS) is 25.4. The zero-order valence-electron chi connectivity index (χ0n) is 25.8. The second kappa shape index (κ2) is 12.2. The number of anilines is 5. The standard InChI is InChI=1S/C32H42N10O2/c1-21-4-5-22(2)42(21)31-37-29(36-30(38-31)41-19-26-11-12-27(20-41)44-26)23-6-8-24(9-7-23)34-32(43)35-25-10-13-28(33-18-25)40-16-14-39(3)15-17-40/h6-10,13,18,21-22,26-27H,4-5,11-12,14-17,19-20H2,1-3H3,(H2,34,35,43)/t21-,22+,26?,27?. The number of pyridine rings is 1. The Morgan fingerprint density at radius 2 is 1.41 bits per heavy atom. The molecule has 4 aliphatic heterocycles. The number of hydrogen-bond donors (Lipinski definition) is 2. The molecule has 4 fully saturated rings. The molecule has 4 aliphatic rings. The molecule has 12 heteroatoms. The van der Waals surface area contributed by atoms with Crippen LogP contribution >= 0.6 is 0 Å². The number of rotatable bonds is 6. The van der Waals surface area contributed by atoms with Crippen LogP contribution in [0.3, 0.4) is 0 Å². The summed E-state index contributed by atoms with van der Waals surface area (Å²) in [5.41, 5.74) is 2.19. The number of benzene rings is 1. The Morgan fingerprint density at radius 1 is 0.773 bits per heavy atom. The fraction of sp³-hybridized carbons (Fsp3) is 0.531. The number of morpholine rings is 1. The van der Waals surface area contributed by atoms with Crippen molar-refractivity contribution in [1.29, 1.82) is 0 Å². The van der Waals surface area contributed by atoms with Crippen LogP contribution in [0.4, 0.5) is 33.9 Å².